The maximum atomic E-state index is 13.5. The maximum absolute atomic E-state index is 13.5. The van der Waals surface area contributed by atoms with Crippen LogP contribution in [0.5, 0.6) is 0 Å². The number of hydrogen-bond donors (Lipinski definition) is 1. The molecule has 2 rings (SSSR count). The van der Waals surface area contributed by atoms with Gasteiger partial charge >= 0.3 is 0 Å². The van der Waals surface area contributed by atoms with Gasteiger partial charge in [0.05, 0.1) is 16.3 Å². The fourth-order valence-corrected chi connectivity index (χ4v) is 3.40. The molecule has 2 N–H and O–H groups in total. The van der Waals surface area contributed by atoms with Crippen molar-refractivity contribution in [3.8, 4) is 0 Å². The highest BCUT2D eigenvalue weighted by Gasteiger charge is 2.20. The molecule has 0 aliphatic rings. The first kappa shape index (κ1) is 14.7. The van der Waals surface area contributed by atoms with E-state index in [2.05, 4.69) is 0 Å². The summed E-state index contributed by atoms with van der Waals surface area (Å²) < 4.78 is 50.7. The van der Waals surface area contributed by atoms with Gasteiger partial charge in [0, 0.05) is 16.7 Å². The van der Waals surface area contributed by atoms with E-state index in [1.807, 2.05) is 0 Å². The number of anilines is 1. The van der Waals surface area contributed by atoms with Gasteiger partial charge in [0.15, 0.2) is 9.84 Å². The number of halogens is 3. The third-order valence-corrected chi connectivity index (χ3v) is 4.64. The molecule has 106 valence electrons. The Hall–Kier alpha value is -1.66. The van der Waals surface area contributed by atoms with Crippen LogP contribution >= 0.6 is 11.6 Å². The van der Waals surface area contributed by atoms with Crippen LogP contribution in [-0.4, -0.2) is 8.42 Å². The van der Waals surface area contributed by atoms with Gasteiger partial charge in [0.25, 0.3) is 0 Å². The SMILES string of the molecule is Nc1cc(Cl)ccc1S(=O)(=O)Cc1ccc(F)cc1F. The lowest BCUT2D eigenvalue weighted by molar-refractivity contribution is 0.569. The predicted octanol–water partition coefficient (Wildman–Crippen LogP) is 3.17. The third-order valence-electron chi connectivity index (χ3n) is 2.67. The molecule has 0 aliphatic heterocycles. The first-order chi connectivity index (χ1) is 9.29. The van der Waals surface area contributed by atoms with E-state index in [1.165, 1.54) is 18.2 Å². The molecule has 0 bridgehead atoms. The van der Waals surface area contributed by atoms with Crippen LogP contribution in [0.4, 0.5) is 14.5 Å². The van der Waals surface area contributed by atoms with Crippen molar-refractivity contribution in [3.05, 3.63) is 58.6 Å². The molecule has 2 aromatic rings. The van der Waals surface area contributed by atoms with E-state index >= 15 is 0 Å². The van der Waals surface area contributed by atoms with E-state index in [1.54, 1.807) is 0 Å². The third kappa shape index (κ3) is 3.08. The molecule has 0 aliphatic carbocycles. The second-order valence-electron chi connectivity index (χ2n) is 4.18. The fraction of sp³-hybridized carbons (Fsp3) is 0.0769. The molecule has 0 amide bonds. The highest BCUT2D eigenvalue weighted by molar-refractivity contribution is 7.90. The van der Waals surface area contributed by atoms with Crippen molar-refractivity contribution in [3.63, 3.8) is 0 Å². The van der Waals surface area contributed by atoms with Gasteiger partial charge < -0.3 is 5.73 Å². The minimum atomic E-state index is -3.84. The van der Waals surface area contributed by atoms with Gasteiger partial charge in [0.1, 0.15) is 11.6 Å². The molecule has 2 aromatic carbocycles. The van der Waals surface area contributed by atoms with Crippen LogP contribution in [0.15, 0.2) is 41.3 Å². The monoisotopic (exact) mass is 317 g/mol. The normalized spacial score (nSPS) is 11.6. The molecule has 0 heterocycles. The smallest absolute Gasteiger partial charge is 0.184 e. The number of nitrogen functional groups attached to an aromatic ring is 1. The van der Waals surface area contributed by atoms with Crippen LogP contribution in [0, 0.1) is 11.6 Å². The first-order valence-electron chi connectivity index (χ1n) is 5.51. The molecule has 0 saturated heterocycles. The minimum Gasteiger partial charge on any atom is -0.398 e. The lowest BCUT2D eigenvalue weighted by Gasteiger charge is -2.08. The molecule has 0 saturated carbocycles. The number of hydrogen-bond acceptors (Lipinski definition) is 3. The van der Waals surface area contributed by atoms with E-state index in [9.17, 15) is 17.2 Å². The van der Waals surface area contributed by atoms with Crippen LogP contribution in [-0.2, 0) is 15.6 Å². The van der Waals surface area contributed by atoms with E-state index in [-0.39, 0.29) is 16.1 Å². The Balaban J connectivity index is 2.41. The lowest BCUT2D eigenvalue weighted by Crippen LogP contribution is -2.09. The Morgan fingerprint density at radius 2 is 1.80 bits per heavy atom. The van der Waals surface area contributed by atoms with Gasteiger partial charge in [-0.2, -0.15) is 0 Å². The zero-order valence-electron chi connectivity index (χ0n) is 10.1. The minimum absolute atomic E-state index is 0.0139. The number of nitrogens with two attached hydrogens (primary N) is 1. The second kappa shape index (κ2) is 5.38. The van der Waals surface area contributed by atoms with Gasteiger partial charge in [-0.1, -0.05) is 17.7 Å². The van der Waals surface area contributed by atoms with Crippen molar-refractivity contribution in [1.82, 2.24) is 0 Å². The average Bonchev–Trinajstić information content (AvgIpc) is 2.32. The van der Waals surface area contributed by atoms with Gasteiger partial charge in [0.2, 0.25) is 0 Å². The Kier molecular flexibility index (Phi) is 3.96. The standard InChI is InChI=1S/C13H10ClF2NO2S/c14-9-2-4-13(12(17)5-9)20(18,19)7-8-1-3-10(15)6-11(8)16/h1-6H,7,17H2. The van der Waals surface area contributed by atoms with E-state index in [0.717, 1.165) is 12.1 Å². The zero-order chi connectivity index (χ0) is 14.9. The Labute approximate surface area is 119 Å². The first-order valence-corrected chi connectivity index (χ1v) is 7.54. The van der Waals surface area contributed by atoms with E-state index in [0.29, 0.717) is 11.1 Å². The molecule has 0 aromatic heterocycles. The van der Waals surface area contributed by atoms with Crippen molar-refractivity contribution in [1.29, 1.82) is 0 Å². The van der Waals surface area contributed by atoms with Crippen molar-refractivity contribution in [2.24, 2.45) is 0 Å². The van der Waals surface area contributed by atoms with Crippen LogP contribution < -0.4 is 5.73 Å². The quantitative estimate of drug-likeness (QED) is 0.884. The summed E-state index contributed by atoms with van der Waals surface area (Å²) in [5, 5.41) is 0.300. The molecule has 20 heavy (non-hydrogen) atoms. The topological polar surface area (TPSA) is 60.2 Å². The molecule has 0 spiro atoms. The largest absolute Gasteiger partial charge is 0.398 e. The second-order valence-corrected chi connectivity index (χ2v) is 6.57. The van der Waals surface area contributed by atoms with Crippen LogP contribution in [0.1, 0.15) is 5.56 Å². The van der Waals surface area contributed by atoms with Crippen LogP contribution in [0.2, 0.25) is 5.02 Å². The molecular weight excluding hydrogens is 308 g/mol. The molecule has 0 atom stereocenters. The molecule has 7 heteroatoms. The summed E-state index contributed by atoms with van der Waals surface area (Å²) >= 11 is 5.69. The molecule has 3 nitrogen and oxygen atoms in total. The van der Waals surface area contributed by atoms with Crippen molar-refractivity contribution in [2.75, 3.05) is 5.73 Å². The van der Waals surface area contributed by atoms with Gasteiger partial charge in [-0.25, -0.2) is 17.2 Å². The summed E-state index contributed by atoms with van der Waals surface area (Å²) in [5.74, 6) is -2.29. The number of benzene rings is 2. The van der Waals surface area contributed by atoms with Crippen molar-refractivity contribution < 1.29 is 17.2 Å². The van der Waals surface area contributed by atoms with E-state index in [4.69, 9.17) is 17.3 Å². The maximum Gasteiger partial charge on any atom is 0.184 e. The summed E-state index contributed by atoms with van der Waals surface area (Å²) in [6.07, 6.45) is 0. The van der Waals surface area contributed by atoms with Gasteiger partial charge in [-0.3, -0.25) is 0 Å². The van der Waals surface area contributed by atoms with Gasteiger partial charge in [-0.05, 0) is 24.3 Å². The zero-order valence-corrected chi connectivity index (χ0v) is 11.7. The van der Waals surface area contributed by atoms with E-state index < -0.39 is 27.2 Å². The van der Waals surface area contributed by atoms with Crippen LogP contribution in [0.25, 0.3) is 0 Å². The molecule has 0 fully saturated rings. The number of rotatable bonds is 3. The Bertz CT molecular complexity index is 763. The summed E-state index contributed by atoms with van der Waals surface area (Å²) in [5.41, 5.74) is 5.47. The summed E-state index contributed by atoms with van der Waals surface area (Å²) in [4.78, 5) is -0.134. The molecular formula is C13H10ClF2NO2S. The highest BCUT2D eigenvalue weighted by atomic mass is 35.5. The van der Waals surface area contributed by atoms with Crippen molar-refractivity contribution >= 4 is 27.1 Å². The summed E-state index contributed by atoms with van der Waals surface area (Å²) in [6.45, 7) is 0. The van der Waals surface area contributed by atoms with Crippen molar-refractivity contribution in [2.45, 2.75) is 10.6 Å². The Morgan fingerprint density at radius 1 is 1.10 bits per heavy atom. The average molecular weight is 318 g/mol. The summed E-state index contributed by atoms with van der Waals surface area (Å²) in [7, 11) is -3.84. The molecule has 0 unspecified atom stereocenters. The fourth-order valence-electron chi connectivity index (χ4n) is 1.72. The Morgan fingerprint density at radius 3 is 2.40 bits per heavy atom. The summed E-state index contributed by atoms with van der Waals surface area (Å²) in [6, 6.07) is 6.67. The van der Waals surface area contributed by atoms with Crippen LogP contribution in [0.3, 0.4) is 0 Å². The lowest BCUT2D eigenvalue weighted by atomic mass is 10.2. The number of sulfone groups is 1. The predicted molar refractivity (Wildman–Crippen MR) is 73.1 cm³/mol. The molecule has 0 radical (unpaired) electrons. The highest BCUT2D eigenvalue weighted by Crippen LogP contribution is 2.26. The van der Waals surface area contributed by atoms with Gasteiger partial charge in [-0.15, -0.1) is 0 Å².